The Labute approximate surface area is 130 Å². The number of methoxy groups -OCH3 is 1. The van der Waals surface area contributed by atoms with Crippen LogP contribution >= 0.6 is 0 Å². The molecule has 122 valence electrons. The summed E-state index contributed by atoms with van der Waals surface area (Å²) in [5.41, 5.74) is 1.65. The first-order valence-corrected chi connectivity index (χ1v) is 6.96. The van der Waals surface area contributed by atoms with Gasteiger partial charge < -0.3 is 25.4 Å². The maximum absolute atomic E-state index is 11.9. The van der Waals surface area contributed by atoms with Crippen LogP contribution in [0.4, 0.5) is 11.4 Å². The molecule has 0 spiro atoms. The average Bonchev–Trinajstić information content (AvgIpc) is 2.46. The monoisotopic (exact) mass is 309 g/mol. The van der Waals surface area contributed by atoms with Crippen molar-refractivity contribution in [3.63, 3.8) is 0 Å². The fourth-order valence-corrected chi connectivity index (χ4v) is 1.82. The van der Waals surface area contributed by atoms with Crippen molar-refractivity contribution in [2.45, 2.75) is 12.5 Å². The number of rotatable bonds is 9. The average molecular weight is 309 g/mol. The molecule has 0 aliphatic carbocycles. The number of nitrogens with one attached hydrogen (secondary N) is 2. The van der Waals surface area contributed by atoms with E-state index in [1.807, 2.05) is 31.1 Å². The summed E-state index contributed by atoms with van der Waals surface area (Å²) in [6.07, 6.45) is -0.144. The number of carbonyl (C=O) groups is 2. The van der Waals surface area contributed by atoms with Crippen LogP contribution in [0.1, 0.15) is 6.42 Å². The number of carbonyl (C=O) groups excluding carboxylic acids is 1. The van der Waals surface area contributed by atoms with Crippen molar-refractivity contribution >= 4 is 23.3 Å². The smallest absolute Gasteiger partial charge is 0.321 e. The number of amides is 1. The molecule has 7 heteroatoms. The molecule has 1 atom stereocenters. The van der Waals surface area contributed by atoms with Crippen LogP contribution < -0.4 is 15.5 Å². The molecule has 3 N–H and O–H groups in total. The lowest BCUT2D eigenvalue weighted by molar-refractivity contribution is -0.141. The summed E-state index contributed by atoms with van der Waals surface area (Å²) in [7, 11) is 5.38. The third kappa shape index (κ3) is 6.11. The lowest BCUT2D eigenvalue weighted by Crippen LogP contribution is -2.41. The summed E-state index contributed by atoms with van der Waals surface area (Å²) in [6, 6.07) is 6.38. The third-order valence-corrected chi connectivity index (χ3v) is 3.05. The van der Waals surface area contributed by atoms with Crippen LogP contribution in [0.25, 0.3) is 0 Å². The molecule has 22 heavy (non-hydrogen) atoms. The largest absolute Gasteiger partial charge is 0.480 e. The number of benzene rings is 1. The van der Waals surface area contributed by atoms with Crippen molar-refractivity contribution in [2.75, 3.05) is 44.6 Å². The third-order valence-electron chi connectivity index (χ3n) is 3.05. The second-order valence-corrected chi connectivity index (χ2v) is 5.03. The molecular weight excluding hydrogens is 286 g/mol. The van der Waals surface area contributed by atoms with Gasteiger partial charge in [0.1, 0.15) is 6.04 Å². The molecule has 1 aromatic carbocycles. The molecule has 0 bridgehead atoms. The standard InChI is InChI=1S/C15H23N3O4/c1-18(2)12-6-4-11(5-7-12)17-14(19)10-13(15(20)21)16-8-9-22-3/h4-7,13,16H,8-10H2,1-3H3,(H,17,19)(H,20,21). The predicted molar refractivity (Wildman–Crippen MR) is 85.3 cm³/mol. The van der Waals surface area contributed by atoms with Gasteiger partial charge in [-0.15, -0.1) is 0 Å². The number of ether oxygens (including phenoxy) is 1. The highest BCUT2D eigenvalue weighted by molar-refractivity contribution is 5.94. The molecule has 1 amide bonds. The van der Waals surface area contributed by atoms with Gasteiger partial charge in [-0.3, -0.25) is 9.59 Å². The molecule has 0 saturated heterocycles. The topological polar surface area (TPSA) is 90.9 Å². The molecular formula is C15H23N3O4. The number of carboxylic acid groups (broad SMARTS) is 1. The molecule has 0 aliphatic heterocycles. The molecule has 1 rings (SSSR count). The second kappa shape index (κ2) is 9.01. The molecule has 7 nitrogen and oxygen atoms in total. The van der Waals surface area contributed by atoms with Crippen LogP contribution in [0.2, 0.25) is 0 Å². The SMILES string of the molecule is COCCNC(CC(=O)Nc1ccc(N(C)C)cc1)C(=O)O. The van der Waals surface area contributed by atoms with E-state index in [0.29, 0.717) is 18.8 Å². The van der Waals surface area contributed by atoms with Crippen molar-refractivity contribution in [2.24, 2.45) is 0 Å². The van der Waals surface area contributed by atoms with Crippen LogP contribution in [0, 0.1) is 0 Å². The molecule has 0 heterocycles. The van der Waals surface area contributed by atoms with Crippen molar-refractivity contribution in [3.05, 3.63) is 24.3 Å². The first-order valence-electron chi connectivity index (χ1n) is 6.96. The van der Waals surface area contributed by atoms with E-state index in [0.717, 1.165) is 5.69 Å². The Morgan fingerprint density at radius 2 is 1.91 bits per heavy atom. The highest BCUT2D eigenvalue weighted by Gasteiger charge is 2.20. The number of hydrogen-bond donors (Lipinski definition) is 3. The van der Waals surface area contributed by atoms with E-state index in [2.05, 4.69) is 10.6 Å². The van der Waals surface area contributed by atoms with Gasteiger partial charge in [0.05, 0.1) is 13.0 Å². The van der Waals surface area contributed by atoms with E-state index in [1.54, 1.807) is 12.1 Å². The summed E-state index contributed by atoms with van der Waals surface area (Å²) in [5, 5.41) is 14.6. The molecule has 0 aliphatic rings. The van der Waals surface area contributed by atoms with Gasteiger partial charge in [-0.25, -0.2) is 0 Å². The zero-order valence-corrected chi connectivity index (χ0v) is 13.1. The van der Waals surface area contributed by atoms with E-state index in [1.165, 1.54) is 7.11 Å². The molecule has 0 aromatic heterocycles. The van der Waals surface area contributed by atoms with E-state index >= 15 is 0 Å². The molecule has 0 radical (unpaired) electrons. The Hall–Kier alpha value is -2.12. The fraction of sp³-hybridized carbons (Fsp3) is 0.467. The van der Waals surface area contributed by atoms with Gasteiger partial charge in [0.2, 0.25) is 5.91 Å². The quantitative estimate of drug-likeness (QED) is 0.584. The lowest BCUT2D eigenvalue weighted by atomic mass is 10.2. The van der Waals surface area contributed by atoms with Gasteiger partial charge in [-0.05, 0) is 24.3 Å². The predicted octanol–water partition coefficient (Wildman–Crippen LogP) is 0.770. The van der Waals surface area contributed by atoms with Gasteiger partial charge in [-0.2, -0.15) is 0 Å². The number of carboxylic acids is 1. The van der Waals surface area contributed by atoms with E-state index in [-0.39, 0.29) is 12.3 Å². The van der Waals surface area contributed by atoms with Crippen LogP contribution in [-0.4, -0.2) is 57.4 Å². The lowest BCUT2D eigenvalue weighted by Gasteiger charge is -2.15. The van der Waals surface area contributed by atoms with Crippen molar-refractivity contribution in [1.82, 2.24) is 5.32 Å². The molecule has 0 saturated carbocycles. The summed E-state index contributed by atoms with van der Waals surface area (Å²) in [6.45, 7) is 0.760. The highest BCUT2D eigenvalue weighted by Crippen LogP contribution is 2.15. The zero-order valence-electron chi connectivity index (χ0n) is 13.1. The Kier molecular flexibility index (Phi) is 7.34. The van der Waals surface area contributed by atoms with Crippen molar-refractivity contribution in [1.29, 1.82) is 0 Å². The van der Waals surface area contributed by atoms with Gasteiger partial charge in [0.15, 0.2) is 0 Å². The number of anilines is 2. The maximum atomic E-state index is 11.9. The minimum absolute atomic E-state index is 0.144. The fourth-order valence-electron chi connectivity index (χ4n) is 1.82. The maximum Gasteiger partial charge on any atom is 0.321 e. The summed E-state index contributed by atoms with van der Waals surface area (Å²) in [4.78, 5) is 25.0. The number of aliphatic carboxylic acids is 1. The Balaban J connectivity index is 2.53. The summed E-state index contributed by atoms with van der Waals surface area (Å²) < 4.78 is 4.84. The Bertz CT molecular complexity index is 488. The van der Waals surface area contributed by atoms with Crippen molar-refractivity contribution in [3.8, 4) is 0 Å². The van der Waals surface area contributed by atoms with E-state index in [4.69, 9.17) is 9.84 Å². The van der Waals surface area contributed by atoms with Gasteiger partial charge >= 0.3 is 5.97 Å². The summed E-state index contributed by atoms with van der Waals surface area (Å²) in [5.74, 6) is -1.41. The minimum Gasteiger partial charge on any atom is -0.480 e. The van der Waals surface area contributed by atoms with Crippen LogP contribution in [0.5, 0.6) is 0 Å². The van der Waals surface area contributed by atoms with Gasteiger partial charge in [0.25, 0.3) is 0 Å². The zero-order chi connectivity index (χ0) is 16.5. The van der Waals surface area contributed by atoms with Crippen molar-refractivity contribution < 1.29 is 19.4 Å². The Morgan fingerprint density at radius 1 is 1.27 bits per heavy atom. The first-order chi connectivity index (χ1) is 10.4. The highest BCUT2D eigenvalue weighted by atomic mass is 16.5. The first kappa shape index (κ1) is 17.9. The van der Waals surface area contributed by atoms with Crippen LogP contribution in [-0.2, 0) is 14.3 Å². The molecule has 1 aromatic rings. The second-order valence-electron chi connectivity index (χ2n) is 5.03. The molecule has 1 unspecified atom stereocenters. The van der Waals surface area contributed by atoms with Crippen LogP contribution in [0.15, 0.2) is 24.3 Å². The normalized spacial score (nSPS) is 11.8. The number of nitrogens with zero attached hydrogens (tertiary/aromatic N) is 1. The van der Waals surface area contributed by atoms with Crippen LogP contribution in [0.3, 0.4) is 0 Å². The minimum atomic E-state index is -1.06. The number of hydrogen-bond acceptors (Lipinski definition) is 5. The summed E-state index contributed by atoms with van der Waals surface area (Å²) >= 11 is 0. The molecule has 0 fully saturated rings. The Morgan fingerprint density at radius 3 is 2.41 bits per heavy atom. The van der Waals surface area contributed by atoms with E-state index in [9.17, 15) is 9.59 Å². The van der Waals surface area contributed by atoms with Gasteiger partial charge in [0, 0.05) is 39.1 Å². The van der Waals surface area contributed by atoms with E-state index < -0.39 is 12.0 Å². The van der Waals surface area contributed by atoms with Gasteiger partial charge in [-0.1, -0.05) is 0 Å².